The van der Waals surface area contributed by atoms with Gasteiger partial charge in [0.1, 0.15) is 17.0 Å². The molecule has 0 fully saturated rings. The van der Waals surface area contributed by atoms with Gasteiger partial charge in [0.05, 0.1) is 12.8 Å². The molecule has 0 aliphatic rings. The number of aromatic carboxylic acids is 1. The van der Waals surface area contributed by atoms with Crippen LogP contribution in [0.4, 0.5) is 0 Å². The first-order chi connectivity index (χ1) is 8.08. The van der Waals surface area contributed by atoms with Crippen molar-refractivity contribution in [2.45, 2.75) is 6.54 Å². The van der Waals surface area contributed by atoms with E-state index >= 15 is 0 Å². The Morgan fingerprint density at radius 1 is 1.47 bits per heavy atom. The van der Waals surface area contributed by atoms with E-state index in [9.17, 15) is 9.59 Å². The number of hydrogen-bond acceptors (Lipinski definition) is 4. The van der Waals surface area contributed by atoms with Gasteiger partial charge in [0.2, 0.25) is 0 Å². The van der Waals surface area contributed by atoms with Crippen LogP contribution in [0.5, 0.6) is 0 Å². The number of nitrogens with zero attached hydrogens (tertiary/aromatic N) is 2. The maximum absolute atomic E-state index is 10.8. The largest absolute Gasteiger partial charge is 0.478 e. The number of amides is 1. The summed E-state index contributed by atoms with van der Waals surface area (Å²) in [7, 11) is 0. The molecule has 0 atom stereocenters. The van der Waals surface area contributed by atoms with E-state index in [1.165, 1.54) is 29.3 Å². The smallest absolute Gasteiger partial charge is 0.339 e. The maximum atomic E-state index is 10.8. The minimum absolute atomic E-state index is 0.0705. The molecule has 0 aliphatic carbocycles. The van der Waals surface area contributed by atoms with E-state index in [1.807, 2.05) is 0 Å². The van der Waals surface area contributed by atoms with Crippen LogP contribution < -0.4 is 5.73 Å². The molecule has 3 N–H and O–H groups in total. The molecule has 7 nitrogen and oxygen atoms in total. The lowest BCUT2D eigenvalue weighted by Crippen LogP contribution is -2.13. The second-order valence-corrected chi connectivity index (χ2v) is 3.33. The van der Waals surface area contributed by atoms with E-state index in [0.29, 0.717) is 0 Å². The number of rotatable bonds is 4. The van der Waals surface area contributed by atoms with E-state index in [2.05, 4.69) is 5.10 Å². The maximum Gasteiger partial charge on any atom is 0.339 e. The third-order valence-electron chi connectivity index (χ3n) is 2.17. The summed E-state index contributed by atoms with van der Waals surface area (Å²) in [5.74, 6) is -1.45. The van der Waals surface area contributed by atoms with Crippen LogP contribution in [0.25, 0.3) is 0 Å². The molecular formula is C10H9N3O4. The van der Waals surface area contributed by atoms with Gasteiger partial charge in [-0.1, -0.05) is 0 Å². The van der Waals surface area contributed by atoms with Gasteiger partial charge < -0.3 is 15.3 Å². The van der Waals surface area contributed by atoms with Crippen LogP contribution in [-0.2, 0) is 6.54 Å². The highest BCUT2D eigenvalue weighted by Gasteiger charge is 2.14. The lowest BCUT2D eigenvalue weighted by atomic mass is 10.2. The molecule has 2 aromatic heterocycles. The molecule has 0 radical (unpaired) electrons. The Balaban J connectivity index is 2.22. The van der Waals surface area contributed by atoms with Crippen molar-refractivity contribution in [3.05, 3.63) is 41.6 Å². The fraction of sp³-hybridized carbons (Fsp3) is 0.100. The first-order valence-electron chi connectivity index (χ1n) is 4.71. The Morgan fingerprint density at radius 3 is 2.82 bits per heavy atom. The first-order valence-corrected chi connectivity index (χ1v) is 4.71. The highest BCUT2D eigenvalue weighted by atomic mass is 16.4. The molecule has 0 aliphatic heterocycles. The summed E-state index contributed by atoms with van der Waals surface area (Å²) in [5, 5.41) is 12.7. The van der Waals surface area contributed by atoms with Gasteiger partial charge in [0.15, 0.2) is 0 Å². The van der Waals surface area contributed by atoms with Gasteiger partial charge in [-0.15, -0.1) is 0 Å². The van der Waals surface area contributed by atoms with Gasteiger partial charge in [0, 0.05) is 6.20 Å². The molecule has 0 bridgehead atoms. The van der Waals surface area contributed by atoms with Crippen molar-refractivity contribution in [2.24, 2.45) is 5.73 Å². The number of aromatic nitrogens is 2. The molecule has 2 aromatic rings. The zero-order valence-corrected chi connectivity index (χ0v) is 8.66. The zero-order chi connectivity index (χ0) is 12.4. The monoisotopic (exact) mass is 235 g/mol. The fourth-order valence-corrected chi connectivity index (χ4v) is 1.38. The van der Waals surface area contributed by atoms with Crippen LogP contribution in [0, 0.1) is 0 Å². The van der Waals surface area contributed by atoms with Crippen molar-refractivity contribution >= 4 is 11.9 Å². The van der Waals surface area contributed by atoms with E-state index in [0.717, 1.165) is 0 Å². The lowest BCUT2D eigenvalue weighted by molar-refractivity contribution is 0.0694. The normalized spacial score (nSPS) is 10.4. The summed E-state index contributed by atoms with van der Waals surface area (Å²) in [4.78, 5) is 21.6. The molecule has 88 valence electrons. The van der Waals surface area contributed by atoms with Crippen LogP contribution in [0.1, 0.15) is 26.6 Å². The first kappa shape index (κ1) is 10.9. The minimum Gasteiger partial charge on any atom is -0.478 e. The number of hydrogen-bond donors (Lipinski definition) is 2. The van der Waals surface area contributed by atoms with Crippen molar-refractivity contribution in [3.8, 4) is 0 Å². The Kier molecular flexibility index (Phi) is 2.65. The number of nitrogens with two attached hydrogens (primary N) is 1. The van der Waals surface area contributed by atoms with Gasteiger partial charge in [-0.3, -0.25) is 9.48 Å². The number of primary amides is 1. The second-order valence-electron chi connectivity index (χ2n) is 3.33. The average molecular weight is 235 g/mol. The van der Waals surface area contributed by atoms with E-state index in [-0.39, 0.29) is 23.6 Å². The predicted octanol–water partition coefficient (Wildman–Crippen LogP) is 0.321. The average Bonchev–Trinajstić information content (AvgIpc) is 2.86. The predicted molar refractivity (Wildman–Crippen MR) is 55.5 cm³/mol. The molecule has 0 saturated heterocycles. The van der Waals surface area contributed by atoms with Crippen molar-refractivity contribution < 1.29 is 19.1 Å². The number of carboxylic acid groups (broad SMARTS) is 1. The SMILES string of the molecule is NC(=O)c1ccn(Cc2occc2C(=O)O)n1. The summed E-state index contributed by atoms with van der Waals surface area (Å²) in [6, 6.07) is 2.81. The number of furan rings is 1. The molecule has 0 aromatic carbocycles. The van der Waals surface area contributed by atoms with Crippen LogP contribution in [0.3, 0.4) is 0 Å². The van der Waals surface area contributed by atoms with E-state index in [1.54, 1.807) is 0 Å². The number of carbonyl (C=O) groups is 2. The Labute approximate surface area is 95.4 Å². The highest BCUT2D eigenvalue weighted by Crippen LogP contribution is 2.12. The summed E-state index contributed by atoms with van der Waals surface area (Å²) in [6.07, 6.45) is 2.81. The Hall–Kier alpha value is -2.57. The van der Waals surface area contributed by atoms with Gasteiger partial charge >= 0.3 is 5.97 Å². The Bertz CT molecular complexity index is 570. The standard InChI is InChI=1S/C10H9N3O4/c11-9(14)7-1-3-13(12-7)5-8-6(10(15)16)2-4-17-8/h1-4H,5H2,(H2,11,14)(H,15,16). The quantitative estimate of drug-likeness (QED) is 0.792. The van der Waals surface area contributed by atoms with Crippen molar-refractivity contribution in [3.63, 3.8) is 0 Å². The van der Waals surface area contributed by atoms with Crippen LogP contribution in [0.2, 0.25) is 0 Å². The van der Waals surface area contributed by atoms with Gasteiger partial charge in [-0.2, -0.15) is 5.10 Å². The summed E-state index contributed by atoms with van der Waals surface area (Å²) in [5.41, 5.74) is 5.24. The van der Waals surface area contributed by atoms with Crippen molar-refractivity contribution in [2.75, 3.05) is 0 Å². The Morgan fingerprint density at radius 2 is 2.24 bits per heavy atom. The van der Waals surface area contributed by atoms with Gasteiger partial charge in [-0.05, 0) is 12.1 Å². The number of carboxylic acids is 1. The van der Waals surface area contributed by atoms with Crippen molar-refractivity contribution in [1.29, 1.82) is 0 Å². The molecule has 17 heavy (non-hydrogen) atoms. The van der Waals surface area contributed by atoms with Crippen LogP contribution in [0.15, 0.2) is 29.0 Å². The third-order valence-corrected chi connectivity index (χ3v) is 2.17. The number of carbonyl (C=O) groups excluding carboxylic acids is 1. The molecular weight excluding hydrogens is 226 g/mol. The molecule has 1 amide bonds. The topological polar surface area (TPSA) is 111 Å². The zero-order valence-electron chi connectivity index (χ0n) is 8.66. The summed E-state index contributed by atoms with van der Waals surface area (Å²) >= 11 is 0. The highest BCUT2D eigenvalue weighted by molar-refractivity contribution is 5.90. The van der Waals surface area contributed by atoms with E-state index in [4.69, 9.17) is 15.3 Å². The van der Waals surface area contributed by atoms with Crippen LogP contribution >= 0.6 is 0 Å². The minimum atomic E-state index is -1.07. The fourth-order valence-electron chi connectivity index (χ4n) is 1.38. The van der Waals surface area contributed by atoms with Crippen LogP contribution in [-0.4, -0.2) is 26.8 Å². The molecule has 2 rings (SSSR count). The molecule has 0 unspecified atom stereocenters. The molecule has 7 heteroatoms. The summed E-state index contributed by atoms with van der Waals surface area (Å²) < 4.78 is 6.42. The molecule has 0 saturated carbocycles. The lowest BCUT2D eigenvalue weighted by Gasteiger charge is -1.99. The van der Waals surface area contributed by atoms with Gasteiger partial charge in [-0.25, -0.2) is 4.79 Å². The summed E-state index contributed by atoms with van der Waals surface area (Å²) in [6.45, 7) is 0.127. The molecule has 2 heterocycles. The van der Waals surface area contributed by atoms with Gasteiger partial charge in [0.25, 0.3) is 5.91 Å². The molecule has 0 spiro atoms. The van der Waals surface area contributed by atoms with Crippen molar-refractivity contribution in [1.82, 2.24) is 9.78 Å². The second kappa shape index (κ2) is 4.12. The van der Waals surface area contributed by atoms with E-state index < -0.39 is 11.9 Å². The third kappa shape index (κ3) is 2.17.